The van der Waals surface area contributed by atoms with E-state index in [0.29, 0.717) is 0 Å². The molecule has 132 valence electrons. The van der Waals surface area contributed by atoms with E-state index >= 15 is 0 Å². The first-order valence-electron chi connectivity index (χ1n) is 10.3. The fraction of sp³-hybridized carbons (Fsp3) is 0.857. The Labute approximate surface area is 145 Å². The van der Waals surface area contributed by atoms with Gasteiger partial charge in [-0.1, -0.05) is 107 Å². The van der Waals surface area contributed by atoms with Gasteiger partial charge in [-0.25, -0.2) is 0 Å². The first-order valence-corrected chi connectivity index (χ1v) is 10.3. The van der Waals surface area contributed by atoms with Crippen LogP contribution in [0.1, 0.15) is 110 Å². The molecule has 0 radical (unpaired) electrons. The smallest absolute Gasteiger partial charge is 0.0968 e. The minimum Gasteiger partial charge on any atom is -0.0968 e. The van der Waals surface area contributed by atoms with Crippen LogP contribution in [0.15, 0.2) is 9.98 Å². The van der Waals surface area contributed by atoms with Gasteiger partial charge in [0, 0.05) is 0 Å². The van der Waals surface area contributed by atoms with Crippen molar-refractivity contribution in [1.29, 1.82) is 0 Å². The van der Waals surface area contributed by atoms with Crippen LogP contribution in [0.5, 0.6) is 0 Å². The summed E-state index contributed by atoms with van der Waals surface area (Å²) in [5, 5.41) is 0. The lowest BCUT2D eigenvalue weighted by Gasteiger charge is -2.11. The fourth-order valence-electron chi connectivity index (χ4n) is 3.30. The van der Waals surface area contributed by atoms with Crippen molar-refractivity contribution in [3.05, 3.63) is 6.17 Å². The minimum absolute atomic E-state index is 0.912. The van der Waals surface area contributed by atoms with E-state index in [0.717, 1.165) is 18.5 Å². The largest absolute Gasteiger partial charge is 0.240 e. The molecule has 23 heavy (non-hydrogen) atoms. The summed E-state index contributed by atoms with van der Waals surface area (Å²) in [6, 6.07) is 0. The molecule has 0 saturated carbocycles. The van der Waals surface area contributed by atoms with Crippen molar-refractivity contribution in [2.24, 2.45) is 15.9 Å². The van der Waals surface area contributed by atoms with Gasteiger partial charge in [0.25, 0.3) is 0 Å². The molecule has 0 fully saturated rings. The SMILES string of the molecule is CCCCCCCCCCCC(C)CCCCC[C+]1N=CC=N1. The Morgan fingerprint density at radius 3 is 1.74 bits per heavy atom. The molecule has 0 aromatic rings. The molecule has 0 bridgehead atoms. The van der Waals surface area contributed by atoms with E-state index in [1.165, 1.54) is 89.9 Å². The third kappa shape index (κ3) is 12.3. The van der Waals surface area contributed by atoms with Gasteiger partial charge in [0.1, 0.15) is 0 Å². The number of hydrogen-bond donors (Lipinski definition) is 0. The highest BCUT2D eigenvalue weighted by molar-refractivity contribution is 6.18. The highest BCUT2D eigenvalue weighted by Crippen LogP contribution is 2.20. The van der Waals surface area contributed by atoms with E-state index < -0.39 is 0 Å². The standard InChI is InChI=1S/C21H39N2/c1-3-4-5-6-7-8-9-10-12-15-20(2)16-13-11-14-17-21-22-18-19-23-21/h18-20H,3-17H2,1-2H3/q+1. The first kappa shape index (κ1) is 20.3. The van der Waals surface area contributed by atoms with Gasteiger partial charge in [0.15, 0.2) is 12.4 Å². The Bertz CT molecular complexity index is 297. The van der Waals surface area contributed by atoms with E-state index in [9.17, 15) is 0 Å². The fourth-order valence-corrected chi connectivity index (χ4v) is 3.30. The number of aliphatic imine (C=N–C) groups is 2. The average Bonchev–Trinajstić information content (AvgIpc) is 3.06. The number of hydrogen-bond acceptors (Lipinski definition) is 2. The maximum absolute atomic E-state index is 4.22. The third-order valence-electron chi connectivity index (χ3n) is 4.91. The van der Waals surface area contributed by atoms with Gasteiger partial charge < -0.3 is 0 Å². The van der Waals surface area contributed by atoms with Crippen molar-refractivity contribution in [3.8, 4) is 0 Å². The average molecular weight is 320 g/mol. The summed E-state index contributed by atoms with van der Waals surface area (Å²) in [4.78, 5) is 8.45. The predicted octanol–water partition coefficient (Wildman–Crippen LogP) is 7.14. The second kappa shape index (κ2) is 14.8. The highest BCUT2D eigenvalue weighted by atomic mass is 15.0. The van der Waals surface area contributed by atoms with Crippen LogP contribution in [-0.2, 0) is 0 Å². The monoisotopic (exact) mass is 319 g/mol. The van der Waals surface area contributed by atoms with Crippen molar-refractivity contribution in [1.82, 2.24) is 0 Å². The molecule has 0 N–H and O–H groups in total. The van der Waals surface area contributed by atoms with E-state index in [4.69, 9.17) is 0 Å². The van der Waals surface area contributed by atoms with Gasteiger partial charge in [0.05, 0.1) is 6.42 Å². The highest BCUT2D eigenvalue weighted by Gasteiger charge is 2.14. The number of nitrogens with zero attached hydrogens (tertiary/aromatic N) is 2. The summed E-state index contributed by atoms with van der Waals surface area (Å²) in [6.45, 7) is 4.73. The Balaban J connectivity index is 1.76. The van der Waals surface area contributed by atoms with E-state index in [-0.39, 0.29) is 0 Å². The quantitative estimate of drug-likeness (QED) is 0.213. The van der Waals surface area contributed by atoms with Crippen LogP contribution in [0, 0.1) is 12.1 Å². The van der Waals surface area contributed by atoms with E-state index in [1.54, 1.807) is 12.4 Å². The molecule has 1 aliphatic rings. The normalized spacial score (nSPS) is 14.8. The Morgan fingerprint density at radius 1 is 0.696 bits per heavy atom. The summed E-state index contributed by atoms with van der Waals surface area (Å²) < 4.78 is 0. The van der Waals surface area contributed by atoms with Crippen LogP contribution < -0.4 is 0 Å². The Morgan fingerprint density at radius 2 is 1.17 bits per heavy atom. The summed E-state index contributed by atoms with van der Waals surface area (Å²) in [5.41, 5.74) is 0. The van der Waals surface area contributed by atoms with E-state index in [1.807, 2.05) is 0 Å². The lowest BCUT2D eigenvalue weighted by atomic mass is 9.96. The van der Waals surface area contributed by atoms with Gasteiger partial charge in [-0.2, -0.15) is 0 Å². The van der Waals surface area contributed by atoms with Crippen LogP contribution in [0.4, 0.5) is 0 Å². The molecule has 1 heterocycles. The second-order valence-electron chi connectivity index (χ2n) is 7.29. The van der Waals surface area contributed by atoms with Gasteiger partial charge in [-0.05, 0) is 12.3 Å². The molecule has 0 amide bonds. The summed E-state index contributed by atoms with van der Waals surface area (Å²) in [5.74, 6) is 0.912. The molecule has 2 heteroatoms. The maximum atomic E-state index is 4.22. The summed E-state index contributed by atoms with van der Waals surface area (Å²) in [6.07, 6.45) is 25.4. The minimum atomic E-state index is 0.912. The first-order chi connectivity index (χ1) is 11.3. The zero-order valence-corrected chi connectivity index (χ0v) is 15.7. The van der Waals surface area contributed by atoms with Crippen molar-refractivity contribution >= 4 is 12.4 Å². The number of rotatable bonds is 16. The topological polar surface area (TPSA) is 24.7 Å². The molecule has 0 saturated heterocycles. The molecule has 1 atom stereocenters. The predicted molar refractivity (Wildman–Crippen MR) is 104 cm³/mol. The maximum Gasteiger partial charge on any atom is 0.240 e. The lowest BCUT2D eigenvalue weighted by molar-refractivity contribution is 0.432. The van der Waals surface area contributed by atoms with Gasteiger partial charge in [-0.15, -0.1) is 0 Å². The van der Waals surface area contributed by atoms with Crippen LogP contribution in [-0.4, -0.2) is 12.4 Å². The molecule has 0 aromatic carbocycles. The van der Waals surface area contributed by atoms with Gasteiger partial charge >= 0.3 is 0 Å². The lowest BCUT2D eigenvalue weighted by Crippen LogP contribution is -1.95. The Hall–Kier alpha value is -0.790. The molecule has 1 unspecified atom stereocenters. The van der Waals surface area contributed by atoms with Crippen LogP contribution in [0.2, 0.25) is 0 Å². The molecule has 0 aromatic heterocycles. The van der Waals surface area contributed by atoms with Crippen LogP contribution in [0.3, 0.4) is 0 Å². The van der Waals surface area contributed by atoms with Crippen molar-refractivity contribution < 1.29 is 0 Å². The molecule has 1 rings (SSSR count). The van der Waals surface area contributed by atoms with Gasteiger partial charge in [-0.3, -0.25) is 0 Å². The van der Waals surface area contributed by atoms with Crippen LogP contribution in [0.25, 0.3) is 0 Å². The molecular weight excluding hydrogens is 280 g/mol. The van der Waals surface area contributed by atoms with Crippen LogP contribution >= 0.6 is 0 Å². The second-order valence-corrected chi connectivity index (χ2v) is 7.29. The molecular formula is C21H39N2+. The Kier molecular flexibility index (Phi) is 13.0. The summed E-state index contributed by atoms with van der Waals surface area (Å²) >= 11 is 0. The molecule has 0 aliphatic carbocycles. The van der Waals surface area contributed by atoms with Crippen molar-refractivity contribution in [3.63, 3.8) is 0 Å². The van der Waals surface area contributed by atoms with E-state index in [2.05, 4.69) is 23.8 Å². The van der Waals surface area contributed by atoms with Crippen molar-refractivity contribution in [2.45, 2.75) is 110 Å². The molecule has 1 aliphatic heterocycles. The number of unbranched alkanes of at least 4 members (excludes halogenated alkanes) is 10. The zero-order valence-electron chi connectivity index (χ0n) is 15.7. The third-order valence-corrected chi connectivity index (χ3v) is 4.91. The summed E-state index contributed by atoms with van der Waals surface area (Å²) in [7, 11) is 0. The van der Waals surface area contributed by atoms with Gasteiger partial charge in [0.2, 0.25) is 6.17 Å². The molecule has 2 nitrogen and oxygen atoms in total. The van der Waals surface area contributed by atoms with Crippen molar-refractivity contribution in [2.75, 3.05) is 0 Å². The zero-order chi connectivity index (χ0) is 16.6. The molecule has 0 spiro atoms.